The molecule has 0 bridgehead atoms. The van der Waals surface area contributed by atoms with Crippen LogP contribution in [-0.2, 0) is 11.8 Å². The Bertz CT molecular complexity index is 755. The summed E-state index contributed by atoms with van der Waals surface area (Å²) in [6, 6.07) is -0.962. The maximum Gasteiger partial charge on any atom is 0.283 e. The topological polar surface area (TPSA) is 64.7 Å². The van der Waals surface area contributed by atoms with Crippen LogP contribution in [0.1, 0.15) is 55.0 Å². The third-order valence-corrected chi connectivity index (χ3v) is 4.91. The fraction of sp³-hybridized carbons (Fsp3) is 0.533. The van der Waals surface area contributed by atoms with Crippen LogP contribution in [0.3, 0.4) is 0 Å². The maximum atomic E-state index is 12.9. The van der Waals surface area contributed by atoms with Crippen LogP contribution >= 0.6 is 15.9 Å². The molecule has 0 aliphatic heterocycles. The molecule has 1 N–H and O–H groups in total. The summed E-state index contributed by atoms with van der Waals surface area (Å²) in [5.41, 5.74) is 1.86. The third-order valence-electron chi connectivity index (χ3n) is 3.93. The Morgan fingerprint density at radius 1 is 1.29 bits per heavy atom. The summed E-state index contributed by atoms with van der Waals surface area (Å²) in [5, 5.41) is 11.0. The summed E-state index contributed by atoms with van der Waals surface area (Å²) in [6.45, 7) is 6.98. The highest BCUT2D eigenvalue weighted by Crippen LogP contribution is 2.30. The molecule has 24 heavy (non-hydrogen) atoms. The molecular formula is C15H20BrF2N5O. The first-order chi connectivity index (χ1) is 11.1. The molecule has 6 nitrogen and oxygen atoms in total. The van der Waals surface area contributed by atoms with E-state index in [0.717, 1.165) is 11.3 Å². The summed E-state index contributed by atoms with van der Waals surface area (Å²) in [5.74, 6) is -0.301. The number of amides is 1. The van der Waals surface area contributed by atoms with Crippen LogP contribution in [0.4, 0.5) is 8.78 Å². The molecule has 2 atom stereocenters. The lowest BCUT2D eigenvalue weighted by Gasteiger charge is -2.18. The number of nitrogens with zero attached hydrogens (tertiary/aromatic N) is 4. The van der Waals surface area contributed by atoms with E-state index >= 15 is 0 Å². The molecule has 2 rings (SSSR count). The molecule has 0 spiro atoms. The van der Waals surface area contributed by atoms with E-state index in [-0.39, 0.29) is 22.1 Å². The lowest BCUT2D eigenvalue weighted by molar-refractivity contribution is -0.124. The summed E-state index contributed by atoms with van der Waals surface area (Å²) in [4.78, 5) is 12.5. The van der Waals surface area contributed by atoms with Crippen molar-refractivity contribution in [2.24, 2.45) is 7.05 Å². The van der Waals surface area contributed by atoms with Gasteiger partial charge in [-0.25, -0.2) is 8.78 Å². The van der Waals surface area contributed by atoms with E-state index in [1.165, 1.54) is 4.68 Å². The van der Waals surface area contributed by atoms with Gasteiger partial charge in [0, 0.05) is 18.8 Å². The molecule has 2 aromatic rings. The van der Waals surface area contributed by atoms with Gasteiger partial charge in [0.05, 0.1) is 21.9 Å². The number of hydrogen-bond acceptors (Lipinski definition) is 3. The number of hydrogen-bond donors (Lipinski definition) is 1. The summed E-state index contributed by atoms with van der Waals surface area (Å²) in [7, 11) is 1.81. The largest absolute Gasteiger partial charge is 0.348 e. The highest BCUT2D eigenvalue weighted by molar-refractivity contribution is 9.10. The molecule has 0 aromatic carbocycles. The fourth-order valence-electron chi connectivity index (χ4n) is 2.60. The first-order valence-electron chi connectivity index (χ1n) is 7.46. The van der Waals surface area contributed by atoms with Crippen LogP contribution in [0.15, 0.2) is 10.7 Å². The first kappa shape index (κ1) is 18.6. The Hall–Kier alpha value is -1.77. The molecular weight excluding hydrogens is 384 g/mol. The van der Waals surface area contributed by atoms with Crippen LogP contribution in [0.2, 0.25) is 0 Å². The Kier molecular flexibility index (Phi) is 5.42. The Balaban J connectivity index is 2.18. The molecule has 0 aliphatic rings. The lowest BCUT2D eigenvalue weighted by atomic mass is 10.1. The molecule has 0 fully saturated rings. The van der Waals surface area contributed by atoms with Gasteiger partial charge in [0.2, 0.25) is 5.91 Å². The molecule has 2 aromatic heterocycles. The zero-order valence-electron chi connectivity index (χ0n) is 14.1. The second-order valence-electron chi connectivity index (χ2n) is 5.78. The van der Waals surface area contributed by atoms with E-state index < -0.39 is 12.5 Å². The van der Waals surface area contributed by atoms with Crippen molar-refractivity contribution in [2.75, 3.05) is 0 Å². The smallest absolute Gasteiger partial charge is 0.283 e. The van der Waals surface area contributed by atoms with E-state index in [1.54, 1.807) is 18.5 Å². The maximum absolute atomic E-state index is 12.9. The number of alkyl halides is 2. The summed E-state index contributed by atoms with van der Waals surface area (Å²) in [6.07, 6.45) is -0.859. The quantitative estimate of drug-likeness (QED) is 0.831. The molecule has 2 unspecified atom stereocenters. The standard InChI is InChI=1S/C15H20BrF2N5O/c1-7(11-6-22(5)20-8(11)2)19-15(24)10(4)23-9(3)12(16)13(21-23)14(17)18/h6-7,10,14H,1-5H3,(H,19,24). The van der Waals surface area contributed by atoms with Gasteiger partial charge in [0.15, 0.2) is 0 Å². The second kappa shape index (κ2) is 7.00. The zero-order chi connectivity index (χ0) is 18.2. The molecule has 0 radical (unpaired) electrons. The van der Waals surface area contributed by atoms with Crippen LogP contribution < -0.4 is 5.32 Å². The van der Waals surface area contributed by atoms with E-state index in [0.29, 0.717) is 5.69 Å². The van der Waals surface area contributed by atoms with E-state index in [1.807, 2.05) is 27.1 Å². The van der Waals surface area contributed by atoms with E-state index in [4.69, 9.17) is 0 Å². The number of aryl methyl sites for hydroxylation is 2. The van der Waals surface area contributed by atoms with Crippen molar-refractivity contribution in [2.45, 2.75) is 46.2 Å². The zero-order valence-corrected chi connectivity index (χ0v) is 15.7. The van der Waals surface area contributed by atoms with Gasteiger partial charge >= 0.3 is 0 Å². The van der Waals surface area contributed by atoms with Crippen LogP contribution in [0.25, 0.3) is 0 Å². The minimum atomic E-state index is -2.70. The average Bonchev–Trinajstić information content (AvgIpc) is 2.98. The number of nitrogens with one attached hydrogen (secondary N) is 1. The summed E-state index contributed by atoms with van der Waals surface area (Å²) < 4.78 is 29.1. The van der Waals surface area contributed by atoms with Gasteiger partial charge in [-0.1, -0.05) is 0 Å². The predicted octanol–water partition coefficient (Wildman–Crippen LogP) is 3.37. The van der Waals surface area contributed by atoms with Gasteiger partial charge < -0.3 is 5.32 Å². The molecule has 0 aliphatic carbocycles. The third kappa shape index (κ3) is 3.50. The second-order valence-corrected chi connectivity index (χ2v) is 6.57. The van der Waals surface area contributed by atoms with Gasteiger partial charge in [-0.05, 0) is 43.6 Å². The van der Waals surface area contributed by atoms with Crippen LogP contribution in [0, 0.1) is 13.8 Å². The van der Waals surface area contributed by atoms with Gasteiger partial charge in [-0.3, -0.25) is 14.2 Å². The number of halogens is 3. The van der Waals surface area contributed by atoms with Crippen LogP contribution in [-0.4, -0.2) is 25.5 Å². The molecule has 9 heteroatoms. The van der Waals surface area contributed by atoms with Crippen molar-refractivity contribution in [3.05, 3.63) is 33.3 Å². The number of carbonyl (C=O) groups is 1. The van der Waals surface area contributed by atoms with Gasteiger partial charge in [0.1, 0.15) is 11.7 Å². The number of aromatic nitrogens is 4. The Labute approximate surface area is 147 Å². The van der Waals surface area contributed by atoms with Crippen molar-refractivity contribution >= 4 is 21.8 Å². The Morgan fingerprint density at radius 2 is 1.92 bits per heavy atom. The van der Waals surface area contributed by atoms with Crippen molar-refractivity contribution in [1.82, 2.24) is 24.9 Å². The highest BCUT2D eigenvalue weighted by atomic mass is 79.9. The SMILES string of the molecule is Cc1nn(C)cc1C(C)NC(=O)C(C)n1nc(C(F)F)c(Br)c1C. The fourth-order valence-corrected chi connectivity index (χ4v) is 3.04. The number of carbonyl (C=O) groups excluding carboxylic acids is 1. The molecule has 0 saturated heterocycles. The van der Waals surface area contributed by atoms with Crippen molar-refractivity contribution in [1.29, 1.82) is 0 Å². The molecule has 2 heterocycles. The van der Waals surface area contributed by atoms with Crippen LogP contribution in [0.5, 0.6) is 0 Å². The van der Waals surface area contributed by atoms with Gasteiger partial charge in [0.25, 0.3) is 6.43 Å². The summed E-state index contributed by atoms with van der Waals surface area (Å²) >= 11 is 3.11. The monoisotopic (exact) mass is 403 g/mol. The molecule has 0 saturated carbocycles. The molecule has 132 valence electrons. The van der Waals surface area contributed by atoms with E-state index in [9.17, 15) is 13.6 Å². The first-order valence-corrected chi connectivity index (χ1v) is 8.26. The van der Waals surface area contributed by atoms with Gasteiger partial charge in [-0.15, -0.1) is 0 Å². The highest BCUT2D eigenvalue weighted by Gasteiger charge is 2.26. The molecule has 1 amide bonds. The Morgan fingerprint density at radius 3 is 2.38 bits per heavy atom. The minimum absolute atomic E-state index is 0.230. The van der Waals surface area contributed by atoms with Crippen molar-refractivity contribution < 1.29 is 13.6 Å². The van der Waals surface area contributed by atoms with Gasteiger partial charge in [-0.2, -0.15) is 10.2 Å². The minimum Gasteiger partial charge on any atom is -0.348 e. The van der Waals surface area contributed by atoms with E-state index in [2.05, 4.69) is 31.4 Å². The van der Waals surface area contributed by atoms with Crippen molar-refractivity contribution in [3.63, 3.8) is 0 Å². The normalized spacial score (nSPS) is 14.0. The average molecular weight is 404 g/mol. The lowest BCUT2D eigenvalue weighted by Crippen LogP contribution is -2.34. The predicted molar refractivity (Wildman–Crippen MR) is 88.8 cm³/mol. The van der Waals surface area contributed by atoms with Crippen molar-refractivity contribution in [3.8, 4) is 0 Å². The number of rotatable bonds is 5.